The van der Waals surface area contributed by atoms with Crippen LogP contribution in [0.15, 0.2) is 126 Å². The van der Waals surface area contributed by atoms with Crippen LogP contribution in [0.3, 0.4) is 0 Å². The van der Waals surface area contributed by atoms with Crippen LogP contribution in [0.5, 0.6) is 0 Å². The van der Waals surface area contributed by atoms with E-state index in [9.17, 15) is 4.79 Å². The second kappa shape index (κ2) is 8.03. The highest BCUT2D eigenvalue weighted by Crippen LogP contribution is 2.34. The van der Waals surface area contributed by atoms with Crippen molar-refractivity contribution in [1.29, 1.82) is 0 Å². The molecule has 3 heterocycles. The van der Waals surface area contributed by atoms with Gasteiger partial charge in [0.15, 0.2) is 5.82 Å². The Kier molecular flexibility index (Phi) is 4.54. The van der Waals surface area contributed by atoms with Gasteiger partial charge < -0.3 is 4.57 Å². The summed E-state index contributed by atoms with van der Waals surface area (Å²) < 4.78 is 3.71. The largest absolute Gasteiger partial charge is 0.355 e. The lowest BCUT2D eigenvalue weighted by atomic mass is 10.0. The summed E-state index contributed by atoms with van der Waals surface area (Å²) in [5.74, 6) is 0.429. The number of hydrogen-bond donors (Lipinski definition) is 0. The summed E-state index contributed by atoms with van der Waals surface area (Å²) in [4.78, 5) is 21.9. The number of nitrogens with zero attached hydrogens (tertiary/aromatic N) is 4. The molecule has 7 aromatic rings. The molecule has 5 heteroatoms. The van der Waals surface area contributed by atoms with Gasteiger partial charge in [-0.25, -0.2) is 14.2 Å². The molecular weight excluding hydrogens is 444 g/mol. The van der Waals surface area contributed by atoms with E-state index >= 15 is 0 Å². The van der Waals surface area contributed by atoms with Crippen molar-refractivity contribution in [2.75, 3.05) is 0 Å². The van der Waals surface area contributed by atoms with E-state index < -0.39 is 0 Å². The number of hydrogen-bond acceptors (Lipinski definition) is 3. The SMILES string of the molecule is O=c1nc(-c2ccccc2)nc2ccc(-n3c4ccccc4c4cc(-c5ccccc5)ccc43)cn12. The van der Waals surface area contributed by atoms with E-state index in [-0.39, 0.29) is 5.69 Å². The van der Waals surface area contributed by atoms with Crippen LogP contribution in [0, 0.1) is 0 Å². The first-order chi connectivity index (χ1) is 17.8. The molecule has 0 aliphatic heterocycles. The van der Waals surface area contributed by atoms with E-state index in [1.54, 1.807) is 0 Å². The maximum absolute atomic E-state index is 13.0. The molecule has 0 radical (unpaired) electrons. The van der Waals surface area contributed by atoms with Gasteiger partial charge in [-0.15, -0.1) is 0 Å². The Morgan fingerprint density at radius 3 is 2.06 bits per heavy atom. The third-order valence-corrected chi connectivity index (χ3v) is 6.61. The second-order valence-electron chi connectivity index (χ2n) is 8.76. The van der Waals surface area contributed by atoms with Crippen LogP contribution in [0.25, 0.3) is 55.7 Å². The average molecular weight is 465 g/mol. The van der Waals surface area contributed by atoms with Gasteiger partial charge in [-0.2, -0.15) is 4.98 Å². The molecule has 0 N–H and O–H groups in total. The van der Waals surface area contributed by atoms with Crippen molar-refractivity contribution in [2.45, 2.75) is 0 Å². The quantitative estimate of drug-likeness (QED) is 0.299. The van der Waals surface area contributed by atoms with Gasteiger partial charge >= 0.3 is 5.69 Å². The number of rotatable bonds is 3. The first-order valence-electron chi connectivity index (χ1n) is 11.8. The summed E-state index contributed by atoms with van der Waals surface area (Å²) in [5, 5.41) is 2.32. The molecule has 0 atom stereocenters. The molecule has 170 valence electrons. The lowest BCUT2D eigenvalue weighted by Gasteiger charge is -2.10. The highest BCUT2D eigenvalue weighted by Gasteiger charge is 2.14. The standard InChI is InChI=1S/C31H20N4O/c36-31-33-30(22-11-5-2-6-12-22)32-29-18-16-24(20-34(29)31)35-27-14-8-7-13-25(27)26-19-23(15-17-28(26)35)21-9-3-1-4-10-21/h1-20H. The molecule has 0 aliphatic carbocycles. The molecule has 36 heavy (non-hydrogen) atoms. The Hall–Kier alpha value is -5.03. The number of para-hydroxylation sites is 1. The highest BCUT2D eigenvalue weighted by molar-refractivity contribution is 6.10. The van der Waals surface area contributed by atoms with Gasteiger partial charge in [0.25, 0.3) is 0 Å². The van der Waals surface area contributed by atoms with E-state index in [0.29, 0.717) is 11.5 Å². The molecule has 0 unspecified atom stereocenters. The maximum atomic E-state index is 13.0. The third kappa shape index (κ3) is 3.21. The van der Waals surface area contributed by atoms with Gasteiger partial charge in [-0.3, -0.25) is 0 Å². The Balaban J connectivity index is 1.44. The van der Waals surface area contributed by atoms with Gasteiger partial charge in [-0.1, -0.05) is 84.9 Å². The fraction of sp³-hybridized carbons (Fsp3) is 0. The van der Waals surface area contributed by atoms with E-state index in [1.807, 2.05) is 60.8 Å². The molecule has 5 nitrogen and oxygen atoms in total. The van der Waals surface area contributed by atoms with Crippen LogP contribution >= 0.6 is 0 Å². The summed E-state index contributed by atoms with van der Waals surface area (Å²) in [7, 11) is 0. The Labute approximate surface area is 206 Å². The van der Waals surface area contributed by atoms with Gasteiger partial charge in [0.1, 0.15) is 5.65 Å². The molecule has 0 aliphatic rings. The minimum Gasteiger partial charge on any atom is -0.308 e. The van der Waals surface area contributed by atoms with Crippen LogP contribution in [-0.4, -0.2) is 18.9 Å². The zero-order chi connectivity index (χ0) is 24.1. The number of aromatic nitrogens is 4. The molecule has 3 aromatic heterocycles. The normalized spacial score (nSPS) is 11.4. The van der Waals surface area contributed by atoms with E-state index in [0.717, 1.165) is 33.1 Å². The molecular formula is C31H20N4O. The fourth-order valence-electron chi connectivity index (χ4n) is 4.91. The predicted molar refractivity (Wildman–Crippen MR) is 144 cm³/mol. The van der Waals surface area contributed by atoms with Crippen molar-refractivity contribution in [3.63, 3.8) is 0 Å². The van der Waals surface area contributed by atoms with Gasteiger partial charge in [0, 0.05) is 22.5 Å². The minimum absolute atomic E-state index is 0.354. The number of fused-ring (bicyclic) bond motifs is 4. The number of pyridine rings is 1. The zero-order valence-corrected chi connectivity index (χ0v) is 19.2. The Morgan fingerprint density at radius 1 is 0.556 bits per heavy atom. The Bertz CT molecular complexity index is 1950. The van der Waals surface area contributed by atoms with Crippen molar-refractivity contribution in [3.8, 4) is 28.2 Å². The number of benzene rings is 4. The lowest BCUT2D eigenvalue weighted by molar-refractivity contribution is 0.937. The summed E-state index contributed by atoms with van der Waals surface area (Å²) in [6, 6.07) is 38.7. The van der Waals surface area contributed by atoms with Crippen LogP contribution in [0.4, 0.5) is 0 Å². The summed E-state index contributed by atoms with van der Waals surface area (Å²) in [5.41, 5.74) is 6.40. The third-order valence-electron chi connectivity index (χ3n) is 6.61. The van der Waals surface area contributed by atoms with Crippen LogP contribution in [0.2, 0.25) is 0 Å². The molecule has 7 rings (SSSR count). The van der Waals surface area contributed by atoms with Crippen molar-refractivity contribution >= 4 is 27.5 Å². The maximum Gasteiger partial charge on any atom is 0.355 e. The monoisotopic (exact) mass is 464 g/mol. The van der Waals surface area contributed by atoms with Crippen molar-refractivity contribution < 1.29 is 0 Å². The fourth-order valence-corrected chi connectivity index (χ4v) is 4.91. The van der Waals surface area contributed by atoms with E-state index in [2.05, 4.69) is 75.2 Å². The second-order valence-corrected chi connectivity index (χ2v) is 8.76. The van der Waals surface area contributed by atoms with E-state index in [1.165, 1.54) is 15.5 Å². The Morgan fingerprint density at radius 2 is 1.25 bits per heavy atom. The predicted octanol–water partition coefficient (Wildman–Crippen LogP) is 6.52. The van der Waals surface area contributed by atoms with Crippen molar-refractivity contribution in [3.05, 3.63) is 132 Å². The molecule has 4 aromatic carbocycles. The van der Waals surface area contributed by atoms with Gasteiger partial charge in [-0.05, 0) is 41.5 Å². The molecule has 0 saturated carbocycles. The van der Waals surface area contributed by atoms with Crippen LogP contribution < -0.4 is 5.69 Å². The van der Waals surface area contributed by atoms with E-state index in [4.69, 9.17) is 0 Å². The summed E-state index contributed by atoms with van der Waals surface area (Å²) in [6.07, 6.45) is 1.82. The smallest absolute Gasteiger partial charge is 0.308 e. The van der Waals surface area contributed by atoms with Gasteiger partial charge in [0.05, 0.1) is 16.7 Å². The molecule has 0 fully saturated rings. The van der Waals surface area contributed by atoms with Gasteiger partial charge in [0.2, 0.25) is 0 Å². The average Bonchev–Trinajstić information content (AvgIpc) is 3.27. The molecule has 0 spiro atoms. The molecule has 0 amide bonds. The van der Waals surface area contributed by atoms with Crippen LogP contribution in [-0.2, 0) is 0 Å². The minimum atomic E-state index is -0.354. The van der Waals surface area contributed by atoms with Crippen molar-refractivity contribution in [2.24, 2.45) is 0 Å². The molecule has 0 saturated heterocycles. The topological polar surface area (TPSA) is 52.2 Å². The zero-order valence-electron chi connectivity index (χ0n) is 19.2. The summed E-state index contributed by atoms with van der Waals surface area (Å²) >= 11 is 0. The van der Waals surface area contributed by atoms with Crippen LogP contribution in [0.1, 0.15) is 0 Å². The lowest BCUT2D eigenvalue weighted by Crippen LogP contribution is -2.19. The highest BCUT2D eigenvalue weighted by atomic mass is 16.1. The summed E-state index contributed by atoms with van der Waals surface area (Å²) in [6.45, 7) is 0. The molecule has 0 bridgehead atoms. The first-order valence-corrected chi connectivity index (χ1v) is 11.8. The van der Waals surface area contributed by atoms with Crippen molar-refractivity contribution in [1.82, 2.24) is 18.9 Å². The first kappa shape index (κ1) is 20.4.